The Morgan fingerprint density at radius 3 is 2.31 bits per heavy atom. The van der Waals surface area contributed by atoms with E-state index >= 15 is 0 Å². The predicted molar refractivity (Wildman–Crippen MR) is 106 cm³/mol. The maximum Gasteiger partial charge on any atom is 0.229 e. The number of aromatic nitrogens is 1. The van der Waals surface area contributed by atoms with Crippen LogP contribution in [0.2, 0.25) is 0 Å². The van der Waals surface area contributed by atoms with Gasteiger partial charge in [-0.25, -0.2) is 8.42 Å². The van der Waals surface area contributed by atoms with Crippen molar-refractivity contribution in [2.45, 2.75) is 32.1 Å². The van der Waals surface area contributed by atoms with Crippen molar-refractivity contribution in [2.24, 2.45) is 0 Å². The number of rotatable bonds is 6. The summed E-state index contributed by atoms with van der Waals surface area (Å²) < 4.78 is 25.9. The van der Waals surface area contributed by atoms with Crippen molar-refractivity contribution in [1.29, 1.82) is 0 Å². The highest BCUT2D eigenvalue weighted by Gasteiger charge is 2.33. The van der Waals surface area contributed by atoms with Gasteiger partial charge in [0.1, 0.15) is 5.75 Å². The van der Waals surface area contributed by atoms with Crippen molar-refractivity contribution in [3.8, 4) is 5.75 Å². The van der Waals surface area contributed by atoms with Crippen molar-refractivity contribution >= 4 is 26.6 Å². The summed E-state index contributed by atoms with van der Waals surface area (Å²) in [7, 11) is -3.36. The zero-order chi connectivity index (χ0) is 18.9. The average molecular weight is 372 g/mol. The minimum absolute atomic E-state index is 0.227. The first-order chi connectivity index (χ1) is 12.3. The van der Waals surface area contributed by atoms with Gasteiger partial charge in [-0.15, -0.1) is 0 Å². The summed E-state index contributed by atoms with van der Waals surface area (Å²) in [6.07, 6.45) is 4.88. The summed E-state index contributed by atoms with van der Waals surface area (Å²) >= 11 is 0. The van der Waals surface area contributed by atoms with Crippen molar-refractivity contribution in [3.63, 3.8) is 0 Å². The molecule has 26 heavy (non-hydrogen) atoms. The van der Waals surface area contributed by atoms with E-state index in [-0.39, 0.29) is 11.2 Å². The number of phenols is 1. The molecule has 1 heterocycles. The largest absolute Gasteiger partial charge is 0.508 e. The molecule has 0 aliphatic rings. The molecule has 3 N–H and O–H groups in total. The molecule has 0 fully saturated rings. The Bertz CT molecular complexity index is 1020. The number of H-pyrrole nitrogens is 1. The molecule has 0 unspecified atom stereocenters. The molecule has 138 valence electrons. The first-order valence-corrected chi connectivity index (χ1v) is 10.6. The number of fused-ring (bicyclic) bond motifs is 1. The summed E-state index contributed by atoms with van der Waals surface area (Å²) in [6.45, 7) is 4.29. The standard InChI is InChI=1S/C20H24N2O3S/c1-4-20(5-2,14-9-11-15(23)12-10-14)17-13-21-19-16(17)7-6-8-18(19)22-26(3,24)25/h6-13,21-23H,4-5H2,1-3H3. The Morgan fingerprint density at radius 2 is 1.73 bits per heavy atom. The molecule has 0 spiro atoms. The molecule has 0 saturated heterocycles. The lowest BCUT2D eigenvalue weighted by molar-refractivity contribution is 0.467. The second-order valence-corrected chi connectivity index (χ2v) is 8.39. The zero-order valence-electron chi connectivity index (χ0n) is 15.2. The van der Waals surface area contributed by atoms with Crippen LogP contribution in [0.3, 0.4) is 0 Å². The average Bonchev–Trinajstić information content (AvgIpc) is 3.03. The SMILES string of the molecule is CCC(CC)(c1ccc(O)cc1)c1c[nH]c2c(NS(C)(=O)=O)cccc12. The van der Waals surface area contributed by atoms with Gasteiger partial charge in [0.05, 0.1) is 17.5 Å². The van der Waals surface area contributed by atoms with Gasteiger partial charge in [0.2, 0.25) is 10.0 Å². The maximum atomic E-state index is 11.7. The van der Waals surface area contributed by atoms with E-state index in [0.29, 0.717) is 5.69 Å². The van der Waals surface area contributed by atoms with Crippen LogP contribution in [0.5, 0.6) is 5.75 Å². The Morgan fingerprint density at radius 1 is 1.08 bits per heavy atom. The maximum absolute atomic E-state index is 11.7. The number of nitrogens with one attached hydrogen (secondary N) is 2. The Labute approximate surface area is 154 Å². The van der Waals surface area contributed by atoms with Gasteiger partial charge in [0.25, 0.3) is 0 Å². The number of para-hydroxylation sites is 1. The first-order valence-electron chi connectivity index (χ1n) is 8.68. The zero-order valence-corrected chi connectivity index (χ0v) is 16.0. The van der Waals surface area contributed by atoms with Crippen molar-refractivity contribution in [1.82, 2.24) is 4.98 Å². The quantitative estimate of drug-likeness (QED) is 0.601. The predicted octanol–water partition coefficient (Wildman–Crippen LogP) is 4.35. The lowest BCUT2D eigenvalue weighted by Crippen LogP contribution is -2.25. The third kappa shape index (κ3) is 3.17. The number of sulfonamides is 1. The fourth-order valence-corrected chi connectivity index (χ4v) is 4.38. The Kier molecular flexibility index (Phi) is 4.71. The van der Waals surface area contributed by atoms with Gasteiger partial charge < -0.3 is 10.1 Å². The third-order valence-electron chi connectivity index (χ3n) is 5.15. The van der Waals surface area contributed by atoms with Gasteiger partial charge in [-0.3, -0.25) is 4.72 Å². The van der Waals surface area contributed by atoms with E-state index in [4.69, 9.17) is 0 Å². The van der Waals surface area contributed by atoms with E-state index in [1.165, 1.54) is 0 Å². The molecule has 3 rings (SSSR count). The van der Waals surface area contributed by atoms with Crippen LogP contribution in [0, 0.1) is 0 Å². The second-order valence-electron chi connectivity index (χ2n) is 6.64. The van der Waals surface area contributed by atoms with Crippen LogP contribution >= 0.6 is 0 Å². The number of benzene rings is 2. The fourth-order valence-electron chi connectivity index (χ4n) is 3.81. The molecule has 6 heteroatoms. The number of hydrogen-bond donors (Lipinski definition) is 3. The highest BCUT2D eigenvalue weighted by atomic mass is 32.2. The number of hydrogen-bond acceptors (Lipinski definition) is 3. The smallest absolute Gasteiger partial charge is 0.229 e. The van der Waals surface area contributed by atoms with E-state index in [1.54, 1.807) is 18.2 Å². The van der Waals surface area contributed by atoms with Gasteiger partial charge in [-0.05, 0) is 42.2 Å². The van der Waals surface area contributed by atoms with Crippen LogP contribution in [-0.2, 0) is 15.4 Å². The van der Waals surface area contributed by atoms with Crippen molar-refractivity contribution in [2.75, 3.05) is 11.0 Å². The number of aromatic amines is 1. The molecule has 0 saturated carbocycles. The molecule has 5 nitrogen and oxygen atoms in total. The summed E-state index contributed by atoms with van der Waals surface area (Å²) in [5.74, 6) is 0.244. The molecule has 3 aromatic rings. The van der Waals surface area contributed by atoms with Crippen LogP contribution in [-0.4, -0.2) is 24.8 Å². The first kappa shape index (κ1) is 18.3. The molecular formula is C20H24N2O3S. The highest BCUT2D eigenvalue weighted by molar-refractivity contribution is 7.92. The van der Waals surface area contributed by atoms with Gasteiger partial charge in [-0.1, -0.05) is 38.1 Å². The van der Waals surface area contributed by atoms with Crippen LogP contribution < -0.4 is 4.72 Å². The Hall–Kier alpha value is -2.47. The van der Waals surface area contributed by atoms with Crippen LogP contribution in [0.4, 0.5) is 5.69 Å². The molecule has 0 bridgehead atoms. The van der Waals surface area contributed by atoms with Gasteiger partial charge in [0, 0.05) is 17.0 Å². The number of aromatic hydroxyl groups is 1. The molecule has 0 atom stereocenters. The molecule has 1 aromatic heterocycles. The summed E-state index contributed by atoms with van der Waals surface area (Å²) in [5.41, 5.74) is 3.35. The molecule has 0 radical (unpaired) electrons. The number of phenolic OH excluding ortho intramolecular Hbond substituents is 1. The molecule has 2 aromatic carbocycles. The van der Waals surface area contributed by atoms with E-state index in [1.807, 2.05) is 30.5 Å². The molecule has 0 aliphatic heterocycles. The van der Waals surface area contributed by atoms with E-state index in [0.717, 1.165) is 41.1 Å². The number of anilines is 1. The normalized spacial score (nSPS) is 12.4. The monoisotopic (exact) mass is 372 g/mol. The van der Waals surface area contributed by atoms with Crippen LogP contribution in [0.1, 0.15) is 37.8 Å². The lowest BCUT2D eigenvalue weighted by atomic mass is 9.70. The lowest BCUT2D eigenvalue weighted by Gasteiger charge is -2.32. The fraction of sp³-hybridized carbons (Fsp3) is 0.300. The minimum atomic E-state index is -3.36. The molecular weight excluding hydrogens is 348 g/mol. The van der Waals surface area contributed by atoms with Crippen LogP contribution in [0.15, 0.2) is 48.7 Å². The van der Waals surface area contributed by atoms with Gasteiger partial charge >= 0.3 is 0 Å². The minimum Gasteiger partial charge on any atom is -0.508 e. The van der Waals surface area contributed by atoms with Crippen molar-refractivity contribution in [3.05, 3.63) is 59.8 Å². The summed E-state index contributed by atoms with van der Waals surface area (Å²) in [4.78, 5) is 3.26. The Balaban J connectivity index is 2.22. The van der Waals surface area contributed by atoms with E-state index < -0.39 is 10.0 Å². The van der Waals surface area contributed by atoms with E-state index in [2.05, 4.69) is 23.6 Å². The van der Waals surface area contributed by atoms with Gasteiger partial charge in [-0.2, -0.15) is 0 Å². The topological polar surface area (TPSA) is 82.2 Å². The molecule has 0 amide bonds. The van der Waals surface area contributed by atoms with E-state index in [9.17, 15) is 13.5 Å². The second kappa shape index (κ2) is 6.68. The molecule has 0 aliphatic carbocycles. The van der Waals surface area contributed by atoms with Gasteiger partial charge in [0.15, 0.2) is 0 Å². The summed E-state index contributed by atoms with van der Waals surface area (Å²) in [6, 6.07) is 13.0. The van der Waals surface area contributed by atoms with Crippen molar-refractivity contribution < 1.29 is 13.5 Å². The van der Waals surface area contributed by atoms with Crippen LogP contribution in [0.25, 0.3) is 10.9 Å². The third-order valence-corrected chi connectivity index (χ3v) is 5.74. The summed E-state index contributed by atoms with van der Waals surface area (Å²) in [5, 5.41) is 10.6. The highest BCUT2D eigenvalue weighted by Crippen LogP contribution is 2.43.